The molecule has 108 valence electrons. The van der Waals surface area contributed by atoms with Crippen LogP contribution in [0, 0.1) is 12.7 Å². The van der Waals surface area contributed by atoms with Crippen molar-refractivity contribution < 1.29 is 12.8 Å². The molecule has 1 aromatic carbocycles. The van der Waals surface area contributed by atoms with E-state index >= 15 is 0 Å². The van der Waals surface area contributed by atoms with Crippen LogP contribution in [0.4, 0.5) is 10.1 Å². The Hall–Kier alpha value is -1.14. The number of unbranched alkanes of at least 4 members (excludes halogenated alkanes) is 3. The van der Waals surface area contributed by atoms with E-state index in [4.69, 9.17) is 5.73 Å². The quantitative estimate of drug-likeness (QED) is 0.598. The molecule has 3 N–H and O–H groups in total. The molecule has 0 spiro atoms. The molecule has 0 saturated carbocycles. The Labute approximate surface area is 114 Å². The van der Waals surface area contributed by atoms with E-state index in [1.54, 1.807) is 0 Å². The number of nitrogens with two attached hydrogens (primary N) is 1. The van der Waals surface area contributed by atoms with E-state index in [-0.39, 0.29) is 16.1 Å². The standard InChI is InChI=1S/C13H21FN2O2S/c1-3-4-5-6-7-16-19(17,18)11-8-10(2)13(14)12(15)9-11/h8-9,16H,3-7,15H2,1-2H3. The minimum atomic E-state index is -3.61. The van der Waals surface area contributed by atoms with Gasteiger partial charge in [0.1, 0.15) is 5.82 Å². The molecule has 0 saturated heterocycles. The lowest BCUT2D eigenvalue weighted by molar-refractivity contribution is 0.572. The van der Waals surface area contributed by atoms with Crippen molar-refractivity contribution in [1.82, 2.24) is 4.72 Å². The fourth-order valence-electron chi connectivity index (χ4n) is 1.76. The highest BCUT2D eigenvalue weighted by molar-refractivity contribution is 7.89. The Balaban J connectivity index is 2.72. The molecule has 1 rings (SSSR count). The monoisotopic (exact) mass is 288 g/mol. The molecular formula is C13H21FN2O2S. The summed E-state index contributed by atoms with van der Waals surface area (Å²) in [5.74, 6) is -0.568. The van der Waals surface area contributed by atoms with Crippen molar-refractivity contribution in [1.29, 1.82) is 0 Å². The van der Waals surface area contributed by atoms with Crippen LogP contribution in [-0.4, -0.2) is 15.0 Å². The van der Waals surface area contributed by atoms with Gasteiger partial charge in [-0.05, 0) is 31.0 Å². The number of rotatable bonds is 7. The average Bonchev–Trinajstić information content (AvgIpc) is 2.35. The van der Waals surface area contributed by atoms with E-state index in [0.717, 1.165) is 31.7 Å². The average molecular weight is 288 g/mol. The largest absolute Gasteiger partial charge is 0.396 e. The SMILES string of the molecule is CCCCCCNS(=O)(=O)c1cc(C)c(F)c(N)c1. The van der Waals surface area contributed by atoms with E-state index in [1.807, 2.05) is 0 Å². The molecule has 0 aromatic heterocycles. The van der Waals surface area contributed by atoms with Crippen LogP contribution < -0.4 is 10.5 Å². The Morgan fingerprint density at radius 2 is 1.95 bits per heavy atom. The van der Waals surface area contributed by atoms with Crippen LogP contribution in [-0.2, 0) is 10.0 Å². The third kappa shape index (κ3) is 4.47. The van der Waals surface area contributed by atoms with Gasteiger partial charge in [0.2, 0.25) is 10.0 Å². The second-order valence-corrected chi connectivity index (χ2v) is 6.37. The molecule has 19 heavy (non-hydrogen) atoms. The van der Waals surface area contributed by atoms with Gasteiger partial charge in [-0.15, -0.1) is 0 Å². The number of halogens is 1. The molecule has 0 fully saturated rings. The number of hydrogen-bond acceptors (Lipinski definition) is 3. The highest BCUT2D eigenvalue weighted by Gasteiger charge is 2.16. The van der Waals surface area contributed by atoms with E-state index < -0.39 is 15.8 Å². The summed E-state index contributed by atoms with van der Waals surface area (Å²) in [6.07, 6.45) is 3.97. The van der Waals surface area contributed by atoms with Gasteiger partial charge < -0.3 is 5.73 Å². The maximum atomic E-state index is 13.4. The summed E-state index contributed by atoms with van der Waals surface area (Å²) in [7, 11) is -3.61. The number of hydrogen-bond donors (Lipinski definition) is 2. The number of aryl methyl sites for hydroxylation is 1. The van der Waals surface area contributed by atoms with Crippen LogP contribution in [0.5, 0.6) is 0 Å². The molecule has 0 unspecified atom stereocenters. The lowest BCUT2D eigenvalue weighted by atomic mass is 10.2. The number of benzene rings is 1. The number of anilines is 1. The normalized spacial score (nSPS) is 11.7. The number of nitrogens with one attached hydrogen (secondary N) is 1. The first-order valence-corrected chi connectivity index (χ1v) is 7.92. The van der Waals surface area contributed by atoms with Gasteiger partial charge in [-0.1, -0.05) is 26.2 Å². The highest BCUT2D eigenvalue weighted by Crippen LogP contribution is 2.20. The van der Waals surface area contributed by atoms with Gasteiger partial charge in [0, 0.05) is 6.54 Å². The van der Waals surface area contributed by atoms with Crippen LogP contribution >= 0.6 is 0 Å². The smallest absolute Gasteiger partial charge is 0.240 e. The highest BCUT2D eigenvalue weighted by atomic mass is 32.2. The van der Waals surface area contributed by atoms with Crippen molar-refractivity contribution in [3.8, 4) is 0 Å². The van der Waals surface area contributed by atoms with Crippen LogP contribution in [0.15, 0.2) is 17.0 Å². The molecule has 0 aliphatic heterocycles. The fourth-order valence-corrected chi connectivity index (χ4v) is 2.95. The van der Waals surface area contributed by atoms with Crippen molar-refractivity contribution in [2.45, 2.75) is 44.4 Å². The summed E-state index contributed by atoms with van der Waals surface area (Å²) in [6.45, 7) is 3.97. The fraction of sp³-hybridized carbons (Fsp3) is 0.538. The van der Waals surface area contributed by atoms with Crippen molar-refractivity contribution in [2.24, 2.45) is 0 Å². The van der Waals surface area contributed by atoms with E-state index in [1.165, 1.54) is 13.0 Å². The first kappa shape index (κ1) is 15.9. The Morgan fingerprint density at radius 3 is 2.53 bits per heavy atom. The predicted molar refractivity (Wildman–Crippen MR) is 74.9 cm³/mol. The molecule has 0 aliphatic rings. The first-order chi connectivity index (χ1) is 8.88. The summed E-state index contributed by atoms with van der Waals surface area (Å²) < 4.78 is 39.8. The molecule has 6 heteroatoms. The Morgan fingerprint density at radius 1 is 1.26 bits per heavy atom. The molecule has 0 atom stereocenters. The summed E-state index contributed by atoms with van der Waals surface area (Å²) in [6, 6.07) is 2.44. The van der Waals surface area contributed by atoms with Crippen LogP contribution in [0.2, 0.25) is 0 Å². The molecule has 0 aliphatic carbocycles. The zero-order valence-electron chi connectivity index (χ0n) is 11.4. The molecule has 0 radical (unpaired) electrons. The summed E-state index contributed by atoms with van der Waals surface area (Å²) in [5.41, 5.74) is 5.53. The lowest BCUT2D eigenvalue weighted by Crippen LogP contribution is -2.25. The minimum absolute atomic E-state index is 0.0133. The van der Waals surface area contributed by atoms with E-state index in [0.29, 0.717) is 6.54 Å². The van der Waals surface area contributed by atoms with Crippen molar-refractivity contribution >= 4 is 15.7 Å². The first-order valence-electron chi connectivity index (χ1n) is 6.43. The zero-order valence-corrected chi connectivity index (χ0v) is 12.2. The molecule has 1 aromatic rings. The van der Waals surface area contributed by atoms with Gasteiger partial charge in [0.05, 0.1) is 10.6 Å². The molecule has 0 heterocycles. The van der Waals surface area contributed by atoms with Gasteiger partial charge >= 0.3 is 0 Å². The minimum Gasteiger partial charge on any atom is -0.396 e. The van der Waals surface area contributed by atoms with Crippen molar-refractivity contribution in [3.05, 3.63) is 23.5 Å². The Kier molecular flexibility index (Phi) is 5.75. The second-order valence-electron chi connectivity index (χ2n) is 4.60. The van der Waals surface area contributed by atoms with Crippen molar-refractivity contribution in [3.63, 3.8) is 0 Å². The second kappa shape index (κ2) is 6.86. The van der Waals surface area contributed by atoms with Gasteiger partial charge in [-0.3, -0.25) is 0 Å². The van der Waals surface area contributed by atoms with E-state index in [2.05, 4.69) is 11.6 Å². The van der Waals surface area contributed by atoms with Gasteiger partial charge in [0.25, 0.3) is 0 Å². The summed E-state index contributed by atoms with van der Waals surface area (Å²) in [5, 5.41) is 0. The third-order valence-electron chi connectivity index (χ3n) is 2.89. The summed E-state index contributed by atoms with van der Waals surface area (Å²) in [4.78, 5) is 0.0133. The molecular weight excluding hydrogens is 267 g/mol. The van der Waals surface area contributed by atoms with Gasteiger partial charge in [-0.25, -0.2) is 17.5 Å². The van der Waals surface area contributed by atoms with E-state index in [9.17, 15) is 12.8 Å². The topological polar surface area (TPSA) is 72.2 Å². The zero-order chi connectivity index (χ0) is 14.5. The summed E-state index contributed by atoms with van der Waals surface area (Å²) >= 11 is 0. The van der Waals surface area contributed by atoms with Crippen LogP contribution in [0.1, 0.15) is 38.2 Å². The maximum absolute atomic E-state index is 13.4. The Bertz CT molecular complexity index is 506. The number of nitrogen functional groups attached to an aromatic ring is 1. The maximum Gasteiger partial charge on any atom is 0.240 e. The molecule has 0 bridgehead atoms. The predicted octanol–water partition coefficient (Wildman–Crippen LogP) is 2.57. The third-order valence-corrected chi connectivity index (χ3v) is 4.33. The van der Waals surface area contributed by atoms with Gasteiger partial charge in [0.15, 0.2) is 0 Å². The number of sulfonamides is 1. The molecule has 0 amide bonds. The van der Waals surface area contributed by atoms with Gasteiger partial charge in [-0.2, -0.15) is 0 Å². The van der Waals surface area contributed by atoms with Crippen LogP contribution in [0.25, 0.3) is 0 Å². The van der Waals surface area contributed by atoms with Crippen molar-refractivity contribution in [2.75, 3.05) is 12.3 Å². The van der Waals surface area contributed by atoms with Crippen LogP contribution in [0.3, 0.4) is 0 Å². The lowest BCUT2D eigenvalue weighted by Gasteiger charge is -2.09. The molecule has 4 nitrogen and oxygen atoms in total.